The van der Waals surface area contributed by atoms with Gasteiger partial charge in [0.2, 0.25) is 6.10 Å². The van der Waals surface area contributed by atoms with Gasteiger partial charge in [0, 0.05) is 18.7 Å². The average Bonchev–Trinajstić information content (AvgIpc) is 3.37. The minimum absolute atomic E-state index is 0.166. The van der Waals surface area contributed by atoms with Crippen LogP contribution in [0.25, 0.3) is 0 Å². The van der Waals surface area contributed by atoms with E-state index in [-0.39, 0.29) is 5.91 Å². The van der Waals surface area contributed by atoms with E-state index in [4.69, 9.17) is 16.4 Å². The molecule has 1 aromatic carbocycles. The Morgan fingerprint density at radius 1 is 1.27 bits per heavy atom. The van der Waals surface area contributed by atoms with Crippen LogP contribution in [-0.2, 0) is 16.2 Å². The summed E-state index contributed by atoms with van der Waals surface area (Å²) in [6.45, 7) is 3.10. The van der Waals surface area contributed by atoms with E-state index in [0.29, 0.717) is 10.8 Å². The van der Waals surface area contributed by atoms with E-state index in [2.05, 4.69) is 21.4 Å². The molecule has 5 nitrogen and oxygen atoms in total. The second kappa shape index (κ2) is 7.78. The molecule has 1 N–H and O–H groups in total. The fraction of sp³-hybridized carbons (Fsp3) is 0.368. The highest BCUT2D eigenvalue weighted by Crippen LogP contribution is 2.27. The normalized spacial score (nSPS) is 20.0. The van der Waals surface area contributed by atoms with E-state index < -0.39 is 6.10 Å². The Morgan fingerprint density at radius 2 is 2.08 bits per heavy atom. The lowest BCUT2D eigenvalue weighted by Gasteiger charge is -2.18. The summed E-state index contributed by atoms with van der Waals surface area (Å²) < 4.78 is 0.700. The topological polar surface area (TPSA) is 53.9 Å². The highest BCUT2D eigenvalue weighted by atomic mass is 35.5. The van der Waals surface area contributed by atoms with E-state index in [1.165, 1.54) is 24.2 Å². The number of hydrogen-bond donors (Lipinski definition) is 1. The SMILES string of the molecule is O=C(Nc1ccccc1CN1CCCC1)C1CC(c2ccc(Cl)s2)=NO1. The van der Waals surface area contributed by atoms with Crippen LogP contribution in [0, 0.1) is 0 Å². The fourth-order valence-corrected chi connectivity index (χ4v) is 4.34. The molecule has 0 saturated carbocycles. The number of amides is 1. The lowest BCUT2D eigenvalue weighted by atomic mass is 10.1. The number of halogens is 1. The first-order valence-electron chi connectivity index (χ1n) is 8.78. The first-order valence-corrected chi connectivity index (χ1v) is 9.98. The Morgan fingerprint density at radius 3 is 2.85 bits per heavy atom. The molecule has 0 aliphatic carbocycles. The number of para-hydroxylation sites is 1. The van der Waals surface area contributed by atoms with Crippen LogP contribution < -0.4 is 5.32 Å². The van der Waals surface area contributed by atoms with E-state index in [1.807, 2.05) is 30.3 Å². The van der Waals surface area contributed by atoms with Gasteiger partial charge < -0.3 is 10.2 Å². The van der Waals surface area contributed by atoms with Crippen LogP contribution in [0.4, 0.5) is 5.69 Å². The van der Waals surface area contributed by atoms with Gasteiger partial charge >= 0.3 is 0 Å². The Balaban J connectivity index is 1.39. The first-order chi connectivity index (χ1) is 12.7. The lowest BCUT2D eigenvalue weighted by Crippen LogP contribution is -2.29. The van der Waals surface area contributed by atoms with Gasteiger partial charge in [-0.05, 0) is 49.7 Å². The number of carbonyl (C=O) groups is 1. The smallest absolute Gasteiger partial charge is 0.268 e. The second-order valence-electron chi connectivity index (χ2n) is 6.57. The van der Waals surface area contributed by atoms with E-state index >= 15 is 0 Å². The summed E-state index contributed by atoms with van der Waals surface area (Å²) in [5, 5.41) is 7.09. The number of oxime groups is 1. The summed E-state index contributed by atoms with van der Waals surface area (Å²) in [6.07, 6.45) is 2.34. The van der Waals surface area contributed by atoms with Crippen LogP contribution in [0.1, 0.15) is 29.7 Å². The summed E-state index contributed by atoms with van der Waals surface area (Å²) in [6, 6.07) is 11.7. The summed E-state index contributed by atoms with van der Waals surface area (Å²) in [4.78, 5) is 21.4. The Kier molecular flexibility index (Phi) is 5.24. The molecule has 2 aromatic rings. The zero-order valence-electron chi connectivity index (χ0n) is 14.3. The van der Waals surface area contributed by atoms with Crippen LogP contribution in [0.3, 0.4) is 0 Å². The summed E-state index contributed by atoms with van der Waals surface area (Å²) in [5.74, 6) is -0.166. The van der Waals surface area contributed by atoms with Crippen molar-refractivity contribution in [3.8, 4) is 0 Å². The van der Waals surface area contributed by atoms with Crippen molar-refractivity contribution in [3.63, 3.8) is 0 Å². The number of nitrogens with zero attached hydrogens (tertiary/aromatic N) is 2. The maximum atomic E-state index is 12.6. The quantitative estimate of drug-likeness (QED) is 0.836. The predicted molar refractivity (Wildman–Crippen MR) is 105 cm³/mol. The zero-order valence-corrected chi connectivity index (χ0v) is 15.9. The summed E-state index contributed by atoms with van der Waals surface area (Å²) >= 11 is 7.41. The van der Waals surface area contributed by atoms with Gasteiger partial charge in [-0.2, -0.15) is 0 Å². The molecule has 1 amide bonds. The van der Waals surface area contributed by atoms with Crippen LogP contribution in [0.2, 0.25) is 4.34 Å². The molecule has 1 fully saturated rings. The molecule has 1 atom stereocenters. The zero-order chi connectivity index (χ0) is 17.9. The Bertz CT molecular complexity index is 830. The van der Waals surface area contributed by atoms with Crippen molar-refractivity contribution in [2.24, 2.45) is 5.16 Å². The largest absolute Gasteiger partial charge is 0.382 e. The van der Waals surface area contributed by atoms with Gasteiger partial charge in [0.1, 0.15) is 5.71 Å². The van der Waals surface area contributed by atoms with Crippen LogP contribution in [0.5, 0.6) is 0 Å². The Hall–Kier alpha value is -1.89. The number of nitrogens with one attached hydrogen (secondary N) is 1. The minimum atomic E-state index is -0.606. The lowest BCUT2D eigenvalue weighted by molar-refractivity contribution is -0.125. The van der Waals surface area contributed by atoms with Crippen molar-refractivity contribution in [2.45, 2.75) is 31.9 Å². The van der Waals surface area contributed by atoms with Gasteiger partial charge in [0.05, 0.1) is 9.21 Å². The average molecular weight is 390 g/mol. The maximum absolute atomic E-state index is 12.6. The molecule has 0 spiro atoms. The number of thiophene rings is 1. The molecular weight excluding hydrogens is 370 g/mol. The van der Waals surface area contributed by atoms with Crippen LogP contribution in [-0.4, -0.2) is 35.7 Å². The van der Waals surface area contributed by atoms with Gasteiger partial charge in [0.25, 0.3) is 5.91 Å². The van der Waals surface area contributed by atoms with Gasteiger partial charge in [-0.1, -0.05) is 35.0 Å². The molecule has 2 aliphatic rings. The van der Waals surface area contributed by atoms with Crippen molar-refractivity contribution < 1.29 is 9.63 Å². The van der Waals surface area contributed by atoms with E-state index in [1.54, 1.807) is 0 Å². The van der Waals surface area contributed by atoms with E-state index in [9.17, 15) is 4.79 Å². The van der Waals surface area contributed by atoms with Gasteiger partial charge in [-0.25, -0.2) is 0 Å². The predicted octanol–water partition coefficient (Wildman–Crippen LogP) is 4.13. The third-order valence-electron chi connectivity index (χ3n) is 4.69. The summed E-state index contributed by atoms with van der Waals surface area (Å²) in [5.41, 5.74) is 2.75. The highest BCUT2D eigenvalue weighted by molar-refractivity contribution is 7.18. The van der Waals surface area contributed by atoms with Gasteiger partial charge in [0.15, 0.2) is 0 Å². The molecule has 4 rings (SSSR count). The van der Waals surface area contributed by atoms with Gasteiger partial charge in [-0.15, -0.1) is 11.3 Å². The monoisotopic (exact) mass is 389 g/mol. The molecule has 1 saturated heterocycles. The molecule has 7 heteroatoms. The third-order valence-corrected chi connectivity index (χ3v) is 5.97. The van der Waals surface area contributed by atoms with Crippen molar-refractivity contribution in [3.05, 3.63) is 51.2 Å². The number of anilines is 1. The number of benzene rings is 1. The molecule has 0 radical (unpaired) electrons. The molecule has 26 heavy (non-hydrogen) atoms. The van der Waals surface area contributed by atoms with Crippen molar-refractivity contribution in [1.82, 2.24) is 4.90 Å². The Labute approximate surface area is 161 Å². The molecule has 1 unspecified atom stereocenters. The minimum Gasteiger partial charge on any atom is -0.382 e. The highest BCUT2D eigenvalue weighted by Gasteiger charge is 2.30. The second-order valence-corrected chi connectivity index (χ2v) is 8.28. The van der Waals surface area contributed by atoms with Crippen molar-refractivity contribution in [2.75, 3.05) is 18.4 Å². The molecular formula is C19H20ClN3O2S. The third kappa shape index (κ3) is 3.92. The molecule has 1 aromatic heterocycles. The fourth-order valence-electron chi connectivity index (χ4n) is 3.31. The first kappa shape index (κ1) is 17.5. The van der Waals surface area contributed by atoms with E-state index in [0.717, 1.165) is 41.5 Å². The van der Waals surface area contributed by atoms with Crippen molar-refractivity contribution in [1.29, 1.82) is 0 Å². The number of likely N-dealkylation sites (tertiary alicyclic amines) is 1. The molecule has 136 valence electrons. The van der Waals surface area contributed by atoms with Gasteiger partial charge in [-0.3, -0.25) is 9.69 Å². The molecule has 3 heterocycles. The summed E-state index contributed by atoms with van der Waals surface area (Å²) in [7, 11) is 0. The maximum Gasteiger partial charge on any atom is 0.268 e. The number of carbonyl (C=O) groups excluding carboxylic acids is 1. The molecule has 2 aliphatic heterocycles. The standard InChI is InChI=1S/C19H20ClN3O2S/c20-18-8-7-17(26-18)15-11-16(25-22-15)19(24)21-14-6-2-1-5-13(14)12-23-9-3-4-10-23/h1-2,5-8,16H,3-4,9-12H2,(H,21,24). The van der Waals surface area contributed by atoms with Crippen LogP contribution >= 0.6 is 22.9 Å². The van der Waals surface area contributed by atoms with Crippen LogP contribution in [0.15, 0.2) is 41.6 Å². The molecule has 0 bridgehead atoms. The number of rotatable bonds is 5. The number of hydrogen-bond acceptors (Lipinski definition) is 5. The van der Waals surface area contributed by atoms with Crippen molar-refractivity contribution >= 4 is 40.2 Å².